The van der Waals surface area contributed by atoms with Crippen LogP contribution in [0.25, 0.3) is 6.08 Å². The number of benzene rings is 1. The van der Waals surface area contributed by atoms with Crippen molar-refractivity contribution >= 4 is 41.2 Å². The molecule has 0 aliphatic carbocycles. The minimum absolute atomic E-state index is 0.547. The third kappa shape index (κ3) is 4.65. The topological polar surface area (TPSA) is 73.6 Å². The van der Waals surface area contributed by atoms with Crippen LogP contribution in [0.15, 0.2) is 35.2 Å². The van der Waals surface area contributed by atoms with Crippen molar-refractivity contribution in [3.8, 4) is 0 Å². The molecule has 0 unspecified atom stereocenters. The van der Waals surface area contributed by atoms with Gasteiger partial charge in [-0.3, -0.25) is 14.7 Å². The first-order valence-electron chi connectivity index (χ1n) is 8.57. The summed E-state index contributed by atoms with van der Waals surface area (Å²) in [6.45, 7) is 5.45. The average Bonchev–Trinajstić information content (AvgIpc) is 2.93. The SMILES string of the molecule is Cc1nn(C)c(Cl)c1SN1CCN(c2ccccc2/C=C/C(=O)NO)CC1. The van der Waals surface area contributed by atoms with Crippen LogP contribution in [0.5, 0.6) is 0 Å². The number of hydrogen-bond donors (Lipinski definition) is 2. The molecule has 0 spiro atoms. The van der Waals surface area contributed by atoms with Gasteiger partial charge in [0.25, 0.3) is 5.91 Å². The number of aromatic nitrogens is 2. The molecule has 1 amide bonds. The summed E-state index contributed by atoms with van der Waals surface area (Å²) >= 11 is 7.99. The van der Waals surface area contributed by atoms with Gasteiger partial charge in [0.2, 0.25) is 0 Å². The second-order valence-electron chi connectivity index (χ2n) is 6.20. The van der Waals surface area contributed by atoms with Crippen LogP contribution >= 0.6 is 23.5 Å². The van der Waals surface area contributed by atoms with E-state index in [1.807, 2.05) is 38.2 Å². The lowest BCUT2D eigenvalue weighted by atomic mass is 10.1. The zero-order chi connectivity index (χ0) is 19.4. The second kappa shape index (κ2) is 8.79. The maximum Gasteiger partial charge on any atom is 0.267 e. The number of piperazine rings is 1. The molecule has 0 atom stereocenters. The molecule has 7 nitrogen and oxygen atoms in total. The number of amides is 1. The summed E-state index contributed by atoms with van der Waals surface area (Å²) < 4.78 is 3.99. The highest BCUT2D eigenvalue weighted by Crippen LogP contribution is 2.33. The van der Waals surface area contributed by atoms with Gasteiger partial charge in [-0.1, -0.05) is 29.8 Å². The zero-order valence-electron chi connectivity index (χ0n) is 15.2. The summed E-state index contributed by atoms with van der Waals surface area (Å²) in [5.74, 6) is -0.547. The minimum Gasteiger partial charge on any atom is -0.368 e. The van der Waals surface area contributed by atoms with Crippen LogP contribution in [0.1, 0.15) is 11.3 Å². The van der Waals surface area contributed by atoms with E-state index < -0.39 is 5.91 Å². The molecule has 2 aromatic rings. The molecule has 1 aromatic carbocycles. The van der Waals surface area contributed by atoms with Crippen molar-refractivity contribution in [2.24, 2.45) is 7.05 Å². The Morgan fingerprint density at radius 2 is 2.00 bits per heavy atom. The van der Waals surface area contributed by atoms with E-state index in [4.69, 9.17) is 16.8 Å². The maximum atomic E-state index is 11.3. The first kappa shape index (κ1) is 19.8. The van der Waals surface area contributed by atoms with Gasteiger partial charge in [0.15, 0.2) is 0 Å². The number of rotatable bonds is 5. The second-order valence-corrected chi connectivity index (χ2v) is 7.67. The Morgan fingerprint density at radius 3 is 2.63 bits per heavy atom. The van der Waals surface area contributed by atoms with E-state index >= 15 is 0 Å². The molecule has 1 aliphatic heterocycles. The third-order valence-corrected chi connectivity index (χ3v) is 6.20. The molecular weight excluding hydrogens is 386 g/mol. The van der Waals surface area contributed by atoms with Crippen molar-refractivity contribution < 1.29 is 10.0 Å². The number of carbonyl (C=O) groups excluding carboxylic acids is 1. The molecule has 0 radical (unpaired) electrons. The molecule has 0 bridgehead atoms. The fourth-order valence-electron chi connectivity index (χ4n) is 2.98. The summed E-state index contributed by atoms with van der Waals surface area (Å²) in [7, 11) is 1.85. The number of hydroxylamine groups is 1. The van der Waals surface area contributed by atoms with Gasteiger partial charge >= 0.3 is 0 Å². The van der Waals surface area contributed by atoms with Crippen LogP contribution in [0.4, 0.5) is 5.69 Å². The minimum atomic E-state index is -0.547. The summed E-state index contributed by atoms with van der Waals surface area (Å²) in [6, 6.07) is 7.91. The molecule has 144 valence electrons. The van der Waals surface area contributed by atoms with Gasteiger partial charge in [-0.15, -0.1) is 0 Å². The Hall–Kier alpha value is -2.00. The van der Waals surface area contributed by atoms with Crippen LogP contribution in [-0.4, -0.2) is 51.4 Å². The van der Waals surface area contributed by atoms with Gasteiger partial charge < -0.3 is 4.90 Å². The standard InChI is InChI=1S/C18H22ClN5O2S/c1-13-17(18(19)22(2)20-13)27-24-11-9-23(10-12-24)15-6-4-3-5-14(15)7-8-16(25)21-26/h3-8,26H,9-12H2,1-2H3,(H,21,25)/b8-7+. The highest BCUT2D eigenvalue weighted by molar-refractivity contribution is 7.97. The van der Waals surface area contributed by atoms with E-state index in [1.165, 1.54) is 6.08 Å². The lowest BCUT2D eigenvalue weighted by molar-refractivity contribution is -0.124. The Bertz CT molecular complexity index is 846. The van der Waals surface area contributed by atoms with Gasteiger partial charge in [0.1, 0.15) is 5.15 Å². The van der Waals surface area contributed by atoms with E-state index in [1.54, 1.807) is 28.2 Å². The molecule has 1 aromatic heterocycles. The summed E-state index contributed by atoms with van der Waals surface area (Å²) in [6.07, 6.45) is 3.03. The van der Waals surface area contributed by atoms with Gasteiger partial charge in [-0.25, -0.2) is 9.79 Å². The van der Waals surface area contributed by atoms with E-state index in [2.05, 4.69) is 14.3 Å². The predicted octanol–water partition coefficient (Wildman–Crippen LogP) is 2.73. The fourth-order valence-corrected chi connectivity index (χ4v) is 4.25. The van der Waals surface area contributed by atoms with Crippen LogP contribution < -0.4 is 10.4 Å². The first-order chi connectivity index (χ1) is 13.0. The smallest absolute Gasteiger partial charge is 0.267 e. The monoisotopic (exact) mass is 407 g/mol. The Labute approximate surface area is 167 Å². The van der Waals surface area contributed by atoms with E-state index in [9.17, 15) is 4.79 Å². The Balaban J connectivity index is 1.66. The lowest BCUT2D eigenvalue weighted by Gasteiger charge is -2.36. The van der Waals surface area contributed by atoms with Crippen molar-refractivity contribution in [3.05, 3.63) is 46.8 Å². The van der Waals surface area contributed by atoms with Gasteiger partial charge in [-0.2, -0.15) is 5.10 Å². The van der Waals surface area contributed by atoms with E-state index in [0.29, 0.717) is 5.15 Å². The zero-order valence-corrected chi connectivity index (χ0v) is 16.8. The van der Waals surface area contributed by atoms with E-state index in [0.717, 1.165) is 48.0 Å². The number of anilines is 1. The fraction of sp³-hybridized carbons (Fsp3) is 0.333. The van der Waals surface area contributed by atoms with Crippen molar-refractivity contribution in [2.75, 3.05) is 31.1 Å². The molecule has 1 saturated heterocycles. The number of hydrogen-bond acceptors (Lipinski definition) is 6. The number of para-hydroxylation sites is 1. The van der Waals surface area contributed by atoms with Gasteiger partial charge in [0.05, 0.1) is 10.6 Å². The van der Waals surface area contributed by atoms with Crippen LogP contribution in [-0.2, 0) is 11.8 Å². The van der Waals surface area contributed by atoms with Gasteiger partial charge in [0, 0.05) is 45.0 Å². The Kier molecular flexibility index (Phi) is 6.43. The Morgan fingerprint density at radius 1 is 1.30 bits per heavy atom. The number of aryl methyl sites for hydroxylation is 2. The molecule has 27 heavy (non-hydrogen) atoms. The van der Waals surface area contributed by atoms with Crippen LogP contribution in [0, 0.1) is 6.92 Å². The number of carbonyl (C=O) groups is 1. The first-order valence-corrected chi connectivity index (χ1v) is 9.73. The summed E-state index contributed by atoms with van der Waals surface area (Å²) in [5.41, 5.74) is 4.55. The van der Waals surface area contributed by atoms with Crippen molar-refractivity contribution in [3.63, 3.8) is 0 Å². The highest BCUT2D eigenvalue weighted by Gasteiger charge is 2.22. The summed E-state index contributed by atoms with van der Waals surface area (Å²) in [4.78, 5) is 14.6. The van der Waals surface area contributed by atoms with Crippen LogP contribution in [0.2, 0.25) is 5.15 Å². The predicted molar refractivity (Wildman–Crippen MR) is 108 cm³/mol. The molecule has 1 fully saturated rings. The normalized spacial score (nSPS) is 15.5. The molecule has 1 aliphatic rings. The number of halogens is 1. The molecule has 0 saturated carbocycles. The molecular formula is C18H22ClN5O2S. The highest BCUT2D eigenvalue weighted by atomic mass is 35.5. The number of nitrogens with zero attached hydrogens (tertiary/aromatic N) is 4. The molecule has 9 heteroatoms. The van der Waals surface area contributed by atoms with Gasteiger partial charge in [-0.05, 0) is 36.6 Å². The molecule has 2 heterocycles. The molecule has 2 N–H and O–H groups in total. The van der Waals surface area contributed by atoms with Crippen molar-refractivity contribution in [1.29, 1.82) is 0 Å². The quantitative estimate of drug-likeness (QED) is 0.343. The van der Waals surface area contributed by atoms with Crippen LogP contribution in [0.3, 0.4) is 0 Å². The van der Waals surface area contributed by atoms with E-state index in [-0.39, 0.29) is 0 Å². The maximum absolute atomic E-state index is 11.3. The third-order valence-electron chi connectivity index (χ3n) is 4.36. The molecule has 3 rings (SSSR count). The lowest BCUT2D eigenvalue weighted by Crippen LogP contribution is -2.43. The van der Waals surface area contributed by atoms with Crippen molar-refractivity contribution in [2.45, 2.75) is 11.8 Å². The summed E-state index contributed by atoms with van der Waals surface area (Å²) in [5, 5.41) is 13.7. The average molecular weight is 408 g/mol. The van der Waals surface area contributed by atoms with Crippen molar-refractivity contribution in [1.82, 2.24) is 19.6 Å². The number of nitrogens with one attached hydrogen (secondary N) is 1. The largest absolute Gasteiger partial charge is 0.368 e.